The maximum Gasteiger partial charge on any atom is 0.0832 e. The van der Waals surface area contributed by atoms with E-state index < -0.39 is 0 Å². The van der Waals surface area contributed by atoms with E-state index in [1.54, 1.807) is 0 Å². The van der Waals surface area contributed by atoms with E-state index in [9.17, 15) is 0 Å². The van der Waals surface area contributed by atoms with Crippen molar-refractivity contribution in [2.45, 2.75) is 45.7 Å². The summed E-state index contributed by atoms with van der Waals surface area (Å²) in [7, 11) is 0. The van der Waals surface area contributed by atoms with Gasteiger partial charge in [0.2, 0.25) is 0 Å². The molecule has 0 aliphatic rings. The molecule has 2 heterocycles. The second kappa shape index (κ2) is 5.58. The summed E-state index contributed by atoms with van der Waals surface area (Å²) in [6, 6.07) is -0.173. The van der Waals surface area contributed by atoms with Crippen LogP contribution in [0.4, 0.5) is 0 Å². The van der Waals surface area contributed by atoms with Crippen LogP contribution in [0.2, 0.25) is 0 Å². The Kier molecular flexibility index (Phi) is 4.08. The van der Waals surface area contributed by atoms with Crippen LogP contribution >= 0.6 is 11.5 Å². The van der Waals surface area contributed by atoms with Crippen LogP contribution < -0.4 is 5.73 Å². The van der Waals surface area contributed by atoms with Gasteiger partial charge >= 0.3 is 0 Å². The Morgan fingerprint density at radius 3 is 2.89 bits per heavy atom. The standard InChI is InChI=1S/C12H19N5S/c1-4-5-17-7-9(6-14-17)10(13)12-11(8(2)3)15-16-18-12/h6-8,10H,4-5,13H2,1-3H3. The van der Waals surface area contributed by atoms with E-state index in [1.165, 1.54) is 11.5 Å². The Labute approximate surface area is 111 Å². The lowest BCUT2D eigenvalue weighted by atomic mass is 10.0. The average Bonchev–Trinajstić information content (AvgIpc) is 2.96. The van der Waals surface area contributed by atoms with E-state index in [1.807, 2.05) is 17.1 Å². The van der Waals surface area contributed by atoms with Crippen LogP contribution in [-0.2, 0) is 6.54 Å². The molecule has 0 radical (unpaired) electrons. The first-order valence-electron chi connectivity index (χ1n) is 6.23. The van der Waals surface area contributed by atoms with Crippen LogP contribution in [0.3, 0.4) is 0 Å². The maximum absolute atomic E-state index is 6.29. The fourth-order valence-corrected chi connectivity index (χ4v) is 2.70. The largest absolute Gasteiger partial charge is 0.319 e. The third-order valence-corrected chi connectivity index (χ3v) is 3.66. The minimum absolute atomic E-state index is 0.173. The van der Waals surface area contributed by atoms with Crippen molar-refractivity contribution in [2.24, 2.45) is 5.73 Å². The first-order chi connectivity index (χ1) is 8.63. The normalized spacial score (nSPS) is 13.2. The number of aromatic nitrogens is 4. The molecule has 98 valence electrons. The molecular formula is C12H19N5S. The van der Waals surface area contributed by atoms with Crippen LogP contribution in [0.5, 0.6) is 0 Å². The van der Waals surface area contributed by atoms with Gasteiger partial charge in [-0.1, -0.05) is 25.3 Å². The van der Waals surface area contributed by atoms with Gasteiger partial charge in [0.15, 0.2) is 0 Å². The van der Waals surface area contributed by atoms with E-state index in [0.717, 1.165) is 29.1 Å². The zero-order valence-corrected chi connectivity index (χ0v) is 11.8. The molecule has 2 N–H and O–H groups in total. The van der Waals surface area contributed by atoms with Crippen LogP contribution in [0.1, 0.15) is 55.3 Å². The monoisotopic (exact) mass is 265 g/mol. The van der Waals surface area contributed by atoms with Crippen molar-refractivity contribution in [1.29, 1.82) is 0 Å². The van der Waals surface area contributed by atoms with Crippen LogP contribution in [0.15, 0.2) is 12.4 Å². The van der Waals surface area contributed by atoms with Crippen molar-refractivity contribution in [3.63, 3.8) is 0 Å². The molecule has 6 heteroatoms. The molecule has 0 aliphatic heterocycles. The second-order valence-electron chi connectivity index (χ2n) is 4.69. The summed E-state index contributed by atoms with van der Waals surface area (Å²) >= 11 is 1.38. The van der Waals surface area contributed by atoms with E-state index in [0.29, 0.717) is 5.92 Å². The van der Waals surface area contributed by atoms with E-state index in [2.05, 4.69) is 35.5 Å². The topological polar surface area (TPSA) is 69.6 Å². The molecule has 18 heavy (non-hydrogen) atoms. The number of aryl methyl sites for hydroxylation is 1. The molecule has 0 spiro atoms. The molecule has 2 aromatic rings. The molecule has 0 aliphatic carbocycles. The first-order valence-corrected chi connectivity index (χ1v) is 7.00. The number of rotatable bonds is 5. The van der Waals surface area contributed by atoms with Gasteiger partial charge < -0.3 is 5.73 Å². The highest BCUT2D eigenvalue weighted by Crippen LogP contribution is 2.28. The zero-order valence-electron chi connectivity index (χ0n) is 11.0. The molecular weight excluding hydrogens is 246 g/mol. The summed E-state index contributed by atoms with van der Waals surface area (Å²) < 4.78 is 5.95. The second-order valence-corrected chi connectivity index (χ2v) is 5.48. The van der Waals surface area contributed by atoms with Crippen molar-refractivity contribution in [1.82, 2.24) is 19.4 Å². The Morgan fingerprint density at radius 2 is 2.22 bits per heavy atom. The predicted molar refractivity (Wildman–Crippen MR) is 72.5 cm³/mol. The smallest absolute Gasteiger partial charge is 0.0832 e. The molecule has 1 unspecified atom stereocenters. The van der Waals surface area contributed by atoms with Crippen molar-refractivity contribution in [3.05, 3.63) is 28.5 Å². The van der Waals surface area contributed by atoms with Crippen molar-refractivity contribution < 1.29 is 0 Å². The van der Waals surface area contributed by atoms with Gasteiger partial charge in [0.05, 0.1) is 22.8 Å². The number of hydrogen-bond acceptors (Lipinski definition) is 5. The molecule has 2 rings (SSSR count). The summed E-state index contributed by atoms with van der Waals surface area (Å²) in [5.74, 6) is 0.343. The lowest BCUT2D eigenvalue weighted by Crippen LogP contribution is -2.12. The zero-order chi connectivity index (χ0) is 13.1. The van der Waals surface area contributed by atoms with Gasteiger partial charge in [0, 0.05) is 18.3 Å². The van der Waals surface area contributed by atoms with Gasteiger partial charge in [0.1, 0.15) is 0 Å². The van der Waals surface area contributed by atoms with Crippen molar-refractivity contribution in [2.75, 3.05) is 0 Å². The van der Waals surface area contributed by atoms with Gasteiger partial charge in [-0.2, -0.15) is 5.10 Å². The van der Waals surface area contributed by atoms with Gasteiger partial charge in [-0.05, 0) is 23.9 Å². The summed E-state index contributed by atoms with van der Waals surface area (Å²) in [4.78, 5) is 1.04. The van der Waals surface area contributed by atoms with E-state index >= 15 is 0 Å². The molecule has 0 aromatic carbocycles. The Balaban J connectivity index is 2.24. The molecule has 1 atom stereocenters. The Morgan fingerprint density at radius 1 is 1.44 bits per heavy atom. The third kappa shape index (κ3) is 2.59. The highest BCUT2D eigenvalue weighted by atomic mass is 32.1. The van der Waals surface area contributed by atoms with Crippen molar-refractivity contribution in [3.8, 4) is 0 Å². The van der Waals surface area contributed by atoms with Crippen LogP contribution in [0.25, 0.3) is 0 Å². The third-order valence-electron chi connectivity index (χ3n) is 2.83. The molecule has 0 bridgehead atoms. The molecule has 2 aromatic heterocycles. The summed E-state index contributed by atoms with van der Waals surface area (Å²) in [6.45, 7) is 7.26. The predicted octanol–water partition coefficient (Wildman–Crippen LogP) is 2.32. The lowest BCUT2D eigenvalue weighted by molar-refractivity contribution is 0.602. The number of nitrogens with zero attached hydrogens (tertiary/aromatic N) is 4. The van der Waals surface area contributed by atoms with Gasteiger partial charge in [-0.15, -0.1) is 5.10 Å². The highest BCUT2D eigenvalue weighted by molar-refractivity contribution is 7.05. The SMILES string of the molecule is CCCn1cc(C(N)c2snnc2C(C)C)cn1. The van der Waals surface area contributed by atoms with Gasteiger partial charge in [-0.25, -0.2) is 0 Å². The fraction of sp³-hybridized carbons (Fsp3) is 0.583. The van der Waals surface area contributed by atoms with Gasteiger partial charge in [0.25, 0.3) is 0 Å². The Hall–Kier alpha value is -1.27. The molecule has 0 fully saturated rings. The minimum Gasteiger partial charge on any atom is -0.319 e. The van der Waals surface area contributed by atoms with Crippen molar-refractivity contribution >= 4 is 11.5 Å². The van der Waals surface area contributed by atoms with E-state index in [-0.39, 0.29) is 6.04 Å². The summed E-state index contributed by atoms with van der Waals surface area (Å²) in [6.07, 6.45) is 4.91. The van der Waals surface area contributed by atoms with E-state index in [4.69, 9.17) is 5.73 Å². The maximum atomic E-state index is 6.29. The summed E-state index contributed by atoms with van der Waals surface area (Å²) in [5, 5.41) is 8.48. The summed E-state index contributed by atoms with van der Waals surface area (Å²) in [5.41, 5.74) is 8.31. The Bertz CT molecular complexity index is 502. The molecule has 5 nitrogen and oxygen atoms in total. The van der Waals surface area contributed by atoms with Crippen LogP contribution in [0, 0.1) is 0 Å². The molecule has 0 saturated heterocycles. The number of nitrogens with two attached hydrogens (primary N) is 1. The van der Waals surface area contributed by atoms with Crippen LogP contribution in [-0.4, -0.2) is 19.4 Å². The van der Waals surface area contributed by atoms with Gasteiger partial charge in [-0.3, -0.25) is 4.68 Å². The first kappa shape index (κ1) is 13.2. The minimum atomic E-state index is -0.173. The average molecular weight is 265 g/mol. The fourth-order valence-electron chi connectivity index (χ4n) is 1.86. The number of hydrogen-bond donors (Lipinski definition) is 1. The molecule has 0 amide bonds. The lowest BCUT2D eigenvalue weighted by Gasteiger charge is -2.10. The quantitative estimate of drug-likeness (QED) is 0.900. The highest BCUT2D eigenvalue weighted by Gasteiger charge is 2.20. The molecule has 0 saturated carbocycles.